The Morgan fingerprint density at radius 3 is 3.06 bits per heavy atom. The maximum atomic E-state index is 11.8. The molecule has 2 fully saturated rings. The number of carboxylic acid groups (broad SMARTS) is 1. The lowest BCUT2D eigenvalue weighted by Gasteiger charge is -2.33. The van der Waals surface area contributed by atoms with Crippen LogP contribution in [-0.4, -0.2) is 73.1 Å². The molecule has 0 aliphatic carbocycles. The van der Waals surface area contributed by atoms with Gasteiger partial charge in [0.1, 0.15) is 17.7 Å². The summed E-state index contributed by atoms with van der Waals surface area (Å²) in [4.78, 5) is 16.7. The molecular formula is C29H40N3O4+. The average molecular weight is 495 g/mol. The van der Waals surface area contributed by atoms with Crippen molar-refractivity contribution in [2.75, 3.05) is 51.8 Å². The molecule has 4 heterocycles. The van der Waals surface area contributed by atoms with Gasteiger partial charge in [-0.2, -0.15) is 0 Å². The van der Waals surface area contributed by atoms with Crippen molar-refractivity contribution >= 4 is 11.8 Å². The Kier molecular flexibility index (Phi) is 7.77. The van der Waals surface area contributed by atoms with Crippen molar-refractivity contribution < 1.29 is 23.9 Å². The number of nitrogens with one attached hydrogen (secondary N) is 1. The number of aromatic nitrogens is 1. The van der Waals surface area contributed by atoms with E-state index in [9.17, 15) is 9.90 Å². The first-order valence-corrected chi connectivity index (χ1v) is 13.6. The summed E-state index contributed by atoms with van der Waals surface area (Å²) in [7, 11) is 2.30. The van der Waals surface area contributed by atoms with E-state index in [4.69, 9.17) is 14.5 Å². The second-order valence-electron chi connectivity index (χ2n) is 11.2. The normalized spacial score (nSPS) is 26.2. The molecule has 0 amide bonds. The Bertz CT molecular complexity index is 1050. The van der Waals surface area contributed by atoms with E-state index in [-0.39, 0.29) is 18.4 Å². The molecule has 3 aliphatic rings. The summed E-state index contributed by atoms with van der Waals surface area (Å²) in [5.41, 5.74) is 3.57. The highest BCUT2D eigenvalue weighted by molar-refractivity contribution is 5.68. The van der Waals surface area contributed by atoms with Gasteiger partial charge in [-0.25, -0.2) is 4.98 Å². The summed E-state index contributed by atoms with van der Waals surface area (Å²) in [5.74, 6) is 1.75. The summed E-state index contributed by atoms with van der Waals surface area (Å²) in [6.45, 7) is 5.40. The van der Waals surface area contributed by atoms with Crippen LogP contribution in [-0.2, 0) is 22.4 Å². The topological polar surface area (TPSA) is 80.7 Å². The van der Waals surface area contributed by atoms with Gasteiger partial charge in [-0.1, -0.05) is 18.2 Å². The van der Waals surface area contributed by atoms with Gasteiger partial charge in [-0.3, -0.25) is 4.79 Å². The Hall–Kier alpha value is -2.64. The minimum atomic E-state index is -0.745. The number of ether oxygens (including phenoxy) is 2. The first kappa shape index (κ1) is 25.0. The molecule has 3 aliphatic heterocycles. The third kappa shape index (κ3) is 6.37. The van der Waals surface area contributed by atoms with Gasteiger partial charge in [-0.15, -0.1) is 0 Å². The number of likely N-dealkylation sites (N-methyl/N-ethyl adjacent to an activating group) is 1. The quantitative estimate of drug-likeness (QED) is 0.481. The van der Waals surface area contributed by atoms with Crippen LogP contribution in [0.4, 0.5) is 5.82 Å². The molecule has 0 saturated carbocycles. The fraction of sp³-hybridized carbons (Fsp3) is 0.586. The summed E-state index contributed by atoms with van der Waals surface area (Å²) >= 11 is 0. The predicted molar refractivity (Wildman–Crippen MR) is 140 cm³/mol. The van der Waals surface area contributed by atoms with Gasteiger partial charge >= 0.3 is 5.97 Å². The third-order valence-electron chi connectivity index (χ3n) is 8.14. The fourth-order valence-corrected chi connectivity index (χ4v) is 6.23. The van der Waals surface area contributed by atoms with Crippen molar-refractivity contribution in [1.82, 2.24) is 4.98 Å². The molecule has 5 rings (SSSR count). The van der Waals surface area contributed by atoms with E-state index >= 15 is 0 Å². The number of likely N-dealkylation sites (tertiary alicyclic amines) is 1. The first-order chi connectivity index (χ1) is 17.5. The molecule has 2 saturated heterocycles. The van der Waals surface area contributed by atoms with Gasteiger partial charge in [0.05, 0.1) is 46.3 Å². The molecule has 2 N–H and O–H groups in total. The van der Waals surface area contributed by atoms with Gasteiger partial charge < -0.3 is 24.4 Å². The summed E-state index contributed by atoms with van der Waals surface area (Å²) in [6, 6.07) is 12.5. The van der Waals surface area contributed by atoms with E-state index in [0.717, 1.165) is 80.1 Å². The second kappa shape index (κ2) is 11.2. The number of pyridine rings is 1. The summed E-state index contributed by atoms with van der Waals surface area (Å²) < 4.78 is 12.5. The number of aryl methyl sites for hydroxylation is 2. The fourth-order valence-electron chi connectivity index (χ4n) is 6.23. The maximum Gasteiger partial charge on any atom is 0.304 e. The van der Waals surface area contributed by atoms with E-state index in [1.165, 1.54) is 24.1 Å². The molecule has 1 aromatic heterocycles. The molecule has 7 heteroatoms. The van der Waals surface area contributed by atoms with Crippen LogP contribution in [0.5, 0.6) is 5.75 Å². The standard InChI is InChI=1S/C29H39N3O4/c1-32(14-11-21(18-32)7-9-25-10-8-22-5-3-13-30-29(22)31-25)19-24(17-28(33)34)23-4-2-6-26(16-23)36-27-12-15-35-20-27/h2,4,6,8,10,16,21,24,27H,3,5,7,9,11-15,17-20H2,1H3,(H-,30,31,33,34)/p+1/t21-,24-,27-,32?/m1/s1. The summed E-state index contributed by atoms with van der Waals surface area (Å²) in [6.07, 6.45) is 6.75. The molecular weight excluding hydrogens is 454 g/mol. The molecule has 1 unspecified atom stereocenters. The molecule has 36 heavy (non-hydrogen) atoms. The Labute approximate surface area is 214 Å². The number of rotatable bonds is 10. The molecule has 194 valence electrons. The lowest BCUT2D eigenvalue weighted by atomic mass is 9.94. The van der Waals surface area contributed by atoms with Crippen LogP contribution in [0.3, 0.4) is 0 Å². The highest BCUT2D eigenvalue weighted by atomic mass is 16.5. The zero-order chi connectivity index (χ0) is 25.0. The smallest absolute Gasteiger partial charge is 0.304 e. The van der Waals surface area contributed by atoms with Gasteiger partial charge in [0.2, 0.25) is 0 Å². The van der Waals surface area contributed by atoms with Crippen molar-refractivity contribution in [2.24, 2.45) is 5.92 Å². The van der Waals surface area contributed by atoms with Gasteiger partial charge in [0.15, 0.2) is 0 Å². The molecule has 0 spiro atoms. The monoisotopic (exact) mass is 494 g/mol. The third-order valence-corrected chi connectivity index (χ3v) is 8.14. The Morgan fingerprint density at radius 2 is 2.22 bits per heavy atom. The highest BCUT2D eigenvalue weighted by Gasteiger charge is 2.37. The Morgan fingerprint density at radius 1 is 1.31 bits per heavy atom. The van der Waals surface area contributed by atoms with E-state index in [1.807, 2.05) is 18.2 Å². The number of aliphatic carboxylic acids is 1. The molecule has 7 nitrogen and oxygen atoms in total. The van der Waals surface area contributed by atoms with E-state index in [1.54, 1.807) is 0 Å². The van der Waals surface area contributed by atoms with Crippen molar-refractivity contribution in [3.8, 4) is 5.75 Å². The van der Waals surface area contributed by atoms with Crippen LogP contribution in [0, 0.1) is 5.92 Å². The number of carboxylic acids is 1. The number of fused-ring (bicyclic) bond motifs is 1. The molecule has 4 atom stereocenters. The number of benzene rings is 1. The largest absolute Gasteiger partial charge is 0.488 e. The molecule has 0 radical (unpaired) electrons. The number of nitrogens with zero attached hydrogens (tertiary/aromatic N) is 2. The molecule has 0 bridgehead atoms. The SMILES string of the molecule is C[N+]1(C[C@@H](CC(=O)O)c2cccc(O[C@@H]3CCOC3)c2)CC[C@@H](CCc2ccc3c(n2)NCCC3)C1. The lowest BCUT2D eigenvalue weighted by Crippen LogP contribution is -2.45. The van der Waals surface area contributed by atoms with Crippen LogP contribution in [0.1, 0.15) is 54.8 Å². The predicted octanol–water partition coefficient (Wildman–Crippen LogP) is 4.27. The van der Waals surface area contributed by atoms with Crippen LogP contribution < -0.4 is 10.1 Å². The number of carbonyl (C=O) groups is 1. The van der Waals surface area contributed by atoms with Crippen LogP contribution in [0.15, 0.2) is 36.4 Å². The van der Waals surface area contributed by atoms with E-state index < -0.39 is 5.97 Å². The van der Waals surface area contributed by atoms with E-state index in [2.05, 4.69) is 30.6 Å². The van der Waals surface area contributed by atoms with E-state index in [0.29, 0.717) is 12.5 Å². The highest BCUT2D eigenvalue weighted by Crippen LogP contribution is 2.33. The second-order valence-corrected chi connectivity index (χ2v) is 11.2. The van der Waals surface area contributed by atoms with Crippen LogP contribution in [0.25, 0.3) is 0 Å². The average Bonchev–Trinajstić information content (AvgIpc) is 3.52. The van der Waals surface area contributed by atoms with Gasteiger partial charge in [-0.05, 0) is 55.0 Å². The maximum absolute atomic E-state index is 11.8. The number of quaternary nitrogens is 1. The Balaban J connectivity index is 1.20. The van der Waals surface area contributed by atoms with Crippen molar-refractivity contribution in [3.05, 3.63) is 53.2 Å². The summed E-state index contributed by atoms with van der Waals surface area (Å²) in [5, 5.41) is 13.1. The lowest BCUT2D eigenvalue weighted by molar-refractivity contribution is -0.900. The zero-order valence-corrected chi connectivity index (χ0v) is 21.5. The van der Waals surface area contributed by atoms with Gasteiger partial charge in [0, 0.05) is 36.9 Å². The zero-order valence-electron chi connectivity index (χ0n) is 21.5. The van der Waals surface area contributed by atoms with Crippen molar-refractivity contribution in [1.29, 1.82) is 0 Å². The minimum absolute atomic E-state index is 0.0389. The van der Waals surface area contributed by atoms with Gasteiger partial charge in [0.25, 0.3) is 0 Å². The number of hydrogen-bond acceptors (Lipinski definition) is 5. The van der Waals surface area contributed by atoms with Crippen LogP contribution >= 0.6 is 0 Å². The van der Waals surface area contributed by atoms with Crippen LogP contribution in [0.2, 0.25) is 0 Å². The molecule has 2 aromatic rings. The first-order valence-electron chi connectivity index (χ1n) is 13.6. The minimum Gasteiger partial charge on any atom is -0.488 e. The molecule has 1 aromatic carbocycles. The van der Waals surface area contributed by atoms with Crippen molar-refractivity contribution in [3.63, 3.8) is 0 Å². The number of anilines is 1. The number of hydrogen-bond donors (Lipinski definition) is 2. The van der Waals surface area contributed by atoms with Crippen molar-refractivity contribution in [2.45, 2.75) is 57.0 Å².